The summed E-state index contributed by atoms with van der Waals surface area (Å²) >= 11 is 2.23. The molecule has 0 aliphatic rings. The molecule has 0 spiro atoms. The van der Waals surface area contributed by atoms with Gasteiger partial charge in [0.1, 0.15) is 0 Å². The topological polar surface area (TPSA) is 20.2 Å². The lowest BCUT2D eigenvalue weighted by atomic mass is 9.64. The fraction of sp³-hybridized carbons (Fsp3) is 0.143. The first-order valence-corrected chi connectivity index (χ1v) is 4.21. The number of rotatable bonds is 1. The second-order valence-electron chi connectivity index (χ2n) is 2.23. The minimum Gasteiger partial charge on any atom is -0.447 e. The molecule has 3 heteroatoms. The van der Waals surface area contributed by atoms with Crippen molar-refractivity contribution >= 4 is 35.0 Å². The Hall–Kier alpha value is -0.0251. The van der Waals surface area contributed by atoms with E-state index in [4.69, 9.17) is 5.02 Å². The highest BCUT2D eigenvalue weighted by molar-refractivity contribution is 14.1. The summed E-state index contributed by atoms with van der Waals surface area (Å²) in [6.45, 7) is 1.42. The molecule has 0 radical (unpaired) electrons. The molecular weight excluding hydrogens is 238 g/mol. The molecule has 0 fully saturated rings. The molecule has 0 amide bonds. The molecular formula is C7H8BIO. The largest absolute Gasteiger partial charge is 0.447 e. The summed E-state index contributed by atoms with van der Waals surface area (Å²) in [7, 11) is 0. The van der Waals surface area contributed by atoms with Gasteiger partial charge >= 0.3 is 6.92 Å². The van der Waals surface area contributed by atoms with Gasteiger partial charge in [-0.05, 0) is 34.1 Å². The smallest absolute Gasteiger partial charge is 0.320 e. The molecule has 1 N–H and O–H groups in total. The zero-order chi connectivity index (χ0) is 7.56. The summed E-state index contributed by atoms with van der Waals surface area (Å²) < 4.78 is 1.16. The van der Waals surface area contributed by atoms with Crippen molar-refractivity contribution in [2.45, 2.75) is 6.82 Å². The molecule has 1 rings (SSSR count). The van der Waals surface area contributed by atoms with Crippen molar-refractivity contribution < 1.29 is 5.02 Å². The van der Waals surface area contributed by atoms with Crippen LogP contribution in [0.2, 0.25) is 6.82 Å². The molecule has 0 heterocycles. The van der Waals surface area contributed by atoms with Gasteiger partial charge in [0.15, 0.2) is 0 Å². The highest BCUT2D eigenvalue weighted by Crippen LogP contribution is 2.00. The predicted octanol–water partition coefficient (Wildman–Crippen LogP) is 1.11. The number of hydrogen-bond acceptors (Lipinski definition) is 1. The highest BCUT2D eigenvalue weighted by Gasteiger charge is 2.04. The molecule has 0 aliphatic heterocycles. The zero-order valence-electron chi connectivity index (χ0n) is 5.71. The lowest BCUT2D eigenvalue weighted by molar-refractivity contribution is 0.594. The van der Waals surface area contributed by atoms with Gasteiger partial charge in [0.05, 0.1) is 0 Å². The molecule has 1 nitrogen and oxygen atoms in total. The van der Waals surface area contributed by atoms with Crippen molar-refractivity contribution in [3.8, 4) is 0 Å². The Morgan fingerprint density at radius 3 is 2.60 bits per heavy atom. The Kier molecular flexibility index (Phi) is 2.74. The third kappa shape index (κ3) is 1.99. The van der Waals surface area contributed by atoms with Gasteiger partial charge in [0, 0.05) is 3.57 Å². The Morgan fingerprint density at radius 2 is 2.20 bits per heavy atom. The SMILES string of the molecule is CB(O)c1cccc(I)c1. The molecule has 1 aromatic carbocycles. The fourth-order valence-electron chi connectivity index (χ4n) is 0.766. The average Bonchev–Trinajstić information content (AvgIpc) is 1.88. The molecule has 0 aromatic heterocycles. The van der Waals surface area contributed by atoms with Crippen LogP contribution < -0.4 is 5.46 Å². The van der Waals surface area contributed by atoms with Gasteiger partial charge in [-0.2, -0.15) is 0 Å². The molecule has 0 atom stereocenters. The van der Waals surface area contributed by atoms with Crippen molar-refractivity contribution in [1.82, 2.24) is 0 Å². The lowest BCUT2D eigenvalue weighted by Gasteiger charge is -1.99. The summed E-state index contributed by atoms with van der Waals surface area (Å²) in [5.41, 5.74) is 0.979. The summed E-state index contributed by atoms with van der Waals surface area (Å²) in [5.74, 6) is 0. The van der Waals surface area contributed by atoms with Crippen LogP contribution in [-0.2, 0) is 0 Å². The van der Waals surface area contributed by atoms with E-state index in [0.717, 1.165) is 9.03 Å². The van der Waals surface area contributed by atoms with Crippen LogP contribution in [0.1, 0.15) is 0 Å². The first-order valence-electron chi connectivity index (χ1n) is 3.13. The third-order valence-corrected chi connectivity index (χ3v) is 2.00. The van der Waals surface area contributed by atoms with E-state index in [1.54, 1.807) is 6.82 Å². The van der Waals surface area contributed by atoms with E-state index in [2.05, 4.69) is 22.6 Å². The van der Waals surface area contributed by atoms with Gasteiger partial charge in [-0.3, -0.25) is 0 Å². The molecule has 10 heavy (non-hydrogen) atoms. The maximum Gasteiger partial charge on any atom is 0.320 e. The van der Waals surface area contributed by atoms with Crippen LogP contribution in [0.25, 0.3) is 0 Å². The monoisotopic (exact) mass is 246 g/mol. The van der Waals surface area contributed by atoms with Gasteiger partial charge < -0.3 is 5.02 Å². The number of hydrogen-bond donors (Lipinski definition) is 1. The van der Waals surface area contributed by atoms with Crippen molar-refractivity contribution in [1.29, 1.82) is 0 Å². The summed E-state index contributed by atoms with van der Waals surface area (Å²) in [4.78, 5) is 0. The highest BCUT2D eigenvalue weighted by atomic mass is 127. The van der Waals surface area contributed by atoms with E-state index >= 15 is 0 Å². The van der Waals surface area contributed by atoms with Gasteiger partial charge in [-0.25, -0.2) is 0 Å². The van der Waals surface area contributed by atoms with Crippen LogP contribution in [0.3, 0.4) is 0 Å². The van der Waals surface area contributed by atoms with Crippen LogP contribution >= 0.6 is 22.6 Å². The summed E-state index contributed by atoms with van der Waals surface area (Å²) in [5, 5.41) is 9.14. The number of benzene rings is 1. The average molecular weight is 246 g/mol. The molecule has 0 saturated heterocycles. The van der Waals surface area contributed by atoms with Gasteiger partial charge in [-0.15, -0.1) is 0 Å². The maximum atomic E-state index is 9.14. The Morgan fingerprint density at radius 1 is 1.50 bits per heavy atom. The molecule has 0 unspecified atom stereocenters. The van der Waals surface area contributed by atoms with E-state index in [1.165, 1.54) is 0 Å². The molecule has 0 saturated carbocycles. The molecule has 0 bridgehead atoms. The summed E-state index contributed by atoms with van der Waals surface area (Å²) in [6.07, 6.45) is 0. The Labute approximate surface area is 74.7 Å². The zero-order valence-corrected chi connectivity index (χ0v) is 7.87. The first-order chi connectivity index (χ1) is 4.70. The summed E-state index contributed by atoms with van der Waals surface area (Å²) in [6, 6.07) is 7.86. The van der Waals surface area contributed by atoms with E-state index in [-0.39, 0.29) is 6.92 Å². The van der Waals surface area contributed by atoms with Crippen molar-refractivity contribution in [3.63, 3.8) is 0 Å². The predicted molar refractivity (Wildman–Crippen MR) is 52.6 cm³/mol. The van der Waals surface area contributed by atoms with E-state index in [0.29, 0.717) is 0 Å². The second kappa shape index (κ2) is 3.39. The normalized spacial score (nSPS) is 9.50. The van der Waals surface area contributed by atoms with Crippen LogP contribution in [0, 0.1) is 3.57 Å². The van der Waals surface area contributed by atoms with Crippen molar-refractivity contribution in [2.24, 2.45) is 0 Å². The third-order valence-electron chi connectivity index (χ3n) is 1.33. The lowest BCUT2D eigenvalue weighted by Crippen LogP contribution is -2.25. The van der Waals surface area contributed by atoms with E-state index in [9.17, 15) is 0 Å². The minimum atomic E-state index is -0.352. The van der Waals surface area contributed by atoms with Crippen LogP contribution in [0.5, 0.6) is 0 Å². The number of halogens is 1. The maximum absolute atomic E-state index is 9.14. The minimum absolute atomic E-state index is 0.352. The van der Waals surface area contributed by atoms with Crippen LogP contribution in [0.4, 0.5) is 0 Å². The van der Waals surface area contributed by atoms with Gasteiger partial charge in [-0.1, -0.05) is 25.0 Å². The van der Waals surface area contributed by atoms with E-state index < -0.39 is 0 Å². The van der Waals surface area contributed by atoms with Crippen LogP contribution in [0.15, 0.2) is 24.3 Å². The van der Waals surface area contributed by atoms with E-state index in [1.807, 2.05) is 24.3 Å². The molecule has 52 valence electrons. The fourth-order valence-corrected chi connectivity index (χ4v) is 1.33. The van der Waals surface area contributed by atoms with Gasteiger partial charge in [0.2, 0.25) is 0 Å². The van der Waals surface area contributed by atoms with Gasteiger partial charge in [0.25, 0.3) is 0 Å². The Balaban J connectivity index is 2.96. The first kappa shape index (κ1) is 8.08. The molecule has 1 aromatic rings. The van der Waals surface area contributed by atoms with Crippen LogP contribution in [-0.4, -0.2) is 11.9 Å². The van der Waals surface area contributed by atoms with Crippen molar-refractivity contribution in [2.75, 3.05) is 0 Å². The van der Waals surface area contributed by atoms with Crippen molar-refractivity contribution in [3.05, 3.63) is 27.8 Å². The standard InChI is InChI=1S/C7H8BIO/c1-8(10)6-3-2-4-7(9)5-6/h2-5,10H,1H3. The second-order valence-corrected chi connectivity index (χ2v) is 3.48. The Bertz CT molecular complexity index is 225. The quantitative estimate of drug-likeness (QED) is 0.581. The molecule has 0 aliphatic carbocycles.